The smallest absolute Gasteiger partial charge is 0.252 e. The molecule has 0 fully saturated rings. The van der Waals surface area contributed by atoms with E-state index in [2.05, 4.69) is 21.3 Å². The highest BCUT2D eigenvalue weighted by Crippen LogP contribution is 2.31. The molecule has 0 unspecified atom stereocenters. The van der Waals surface area contributed by atoms with Crippen LogP contribution in [0.5, 0.6) is 0 Å². The number of aromatic nitrogens is 4. The molecule has 9 nitrogen and oxygen atoms in total. The van der Waals surface area contributed by atoms with Crippen molar-refractivity contribution in [2.75, 3.05) is 18.5 Å². The summed E-state index contributed by atoms with van der Waals surface area (Å²) in [7, 11) is 0. The number of nitrogens with one attached hydrogen (secondary N) is 1. The standard InChI is InChI=1S/C22H19ClN8O/c23-17-7-15(10-30-12-26-9-18(17)30)21-20(22(25)32)19-11-29(5-6-31(19)28-21)13-27-16-3-1-14(8-24)2-4-16/h1-4,7,9-10,12,27H,5-6,11,13H2,(H2,25,32). The summed E-state index contributed by atoms with van der Waals surface area (Å²) in [6.07, 6.45) is 5.18. The number of primary amides is 1. The van der Waals surface area contributed by atoms with Gasteiger partial charge in [-0.3, -0.25) is 14.4 Å². The van der Waals surface area contributed by atoms with Crippen LogP contribution >= 0.6 is 11.6 Å². The molecule has 1 amide bonds. The highest BCUT2D eigenvalue weighted by atomic mass is 35.5. The lowest BCUT2D eigenvalue weighted by atomic mass is 10.1. The van der Waals surface area contributed by atoms with Gasteiger partial charge in [-0.2, -0.15) is 10.4 Å². The van der Waals surface area contributed by atoms with Gasteiger partial charge in [-0.1, -0.05) is 11.6 Å². The molecule has 4 aromatic rings. The van der Waals surface area contributed by atoms with Gasteiger partial charge in [0.25, 0.3) is 5.91 Å². The van der Waals surface area contributed by atoms with Crippen molar-refractivity contribution in [1.29, 1.82) is 5.26 Å². The summed E-state index contributed by atoms with van der Waals surface area (Å²) in [5.41, 5.74) is 10.5. The fourth-order valence-electron chi connectivity index (χ4n) is 3.95. The van der Waals surface area contributed by atoms with Crippen LogP contribution in [-0.2, 0) is 13.1 Å². The van der Waals surface area contributed by atoms with Crippen LogP contribution in [0.25, 0.3) is 16.8 Å². The quantitative estimate of drug-likeness (QED) is 0.486. The number of halogens is 1. The van der Waals surface area contributed by atoms with E-state index >= 15 is 0 Å². The Bertz CT molecular complexity index is 1370. The van der Waals surface area contributed by atoms with Crippen molar-refractivity contribution < 1.29 is 4.79 Å². The number of carbonyl (C=O) groups excluding carboxylic acids is 1. The van der Waals surface area contributed by atoms with Gasteiger partial charge >= 0.3 is 0 Å². The number of fused-ring (bicyclic) bond motifs is 2. The number of nitrogens with zero attached hydrogens (tertiary/aromatic N) is 6. The van der Waals surface area contributed by atoms with Crippen molar-refractivity contribution in [2.45, 2.75) is 13.1 Å². The van der Waals surface area contributed by atoms with E-state index in [-0.39, 0.29) is 0 Å². The highest BCUT2D eigenvalue weighted by molar-refractivity contribution is 6.34. The maximum absolute atomic E-state index is 12.4. The third kappa shape index (κ3) is 3.56. The minimum absolute atomic E-state index is 0.406. The number of nitriles is 1. The van der Waals surface area contributed by atoms with Crippen molar-refractivity contribution in [2.24, 2.45) is 5.73 Å². The molecule has 0 atom stereocenters. The first-order valence-corrected chi connectivity index (χ1v) is 10.4. The van der Waals surface area contributed by atoms with Gasteiger partial charge in [-0.05, 0) is 30.3 Å². The molecule has 1 aliphatic heterocycles. The predicted octanol–water partition coefficient (Wildman–Crippen LogP) is 2.71. The average molecular weight is 447 g/mol. The normalized spacial score (nSPS) is 13.6. The summed E-state index contributed by atoms with van der Waals surface area (Å²) in [6, 6.07) is 11.2. The van der Waals surface area contributed by atoms with Gasteiger partial charge in [-0.15, -0.1) is 0 Å². The Hall–Kier alpha value is -3.87. The number of pyridine rings is 1. The van der Waals surface area contributed by atoms with Gasteiger partial charge in [0.15, 0.2) is 0 Å². The van der Waals surface area contributed by atoms with E-state index in [1.165, 1.54) is 0 Å². The molecule has 4 heterocycles. The third-order valence-corrected chi connectivity index (χ3v) is 5.87. The topological polar surface area (TPSA) is 117 Å². The van der Waals surface area contributed by atoms with Crippen LogP contribution in [0.2, 0.25) is 5.02 Å². The van der Waals surface area contributed by atoms with Crippen LogP contribution < -0.4 is 11.1 Å². The molecule has 3 N–H and O–H groups in total. The van der Waals surface area contributed by atoms with Crippen LogP contribution in [0.15, 0.2) is 49.1 Å². The number of carbonyl (C=O) groups is 1. The van der Waals surface area contributed by atoms with Crippen molar-refractivity contribution in [1.82, 2.24) is 24.1 Å². The van der Waals surface area contributed by atoms with Crippen LogP contribution in [0.1, 0.15) is 21.6 Å². The summed E-state index contributed by atoms with van der Waals surface area (Å²) in [6.45, 7) is 2.50. The molecule has 5 rings (SSSR count). The van der Waals surface area contributed by atoms with Crippen LogP contribution in [0.3, 0.4) is 0 Å². The maximum Gasteiger partial charge on any atom is 0.252 e. The second kappa shape index (κ2) is 8.00. The fraction of sp³-hybridized carbons (Fsp3) is 0.182. The van der Waals surface area contributed by atoms with Crippen molar-refractivity contribution in [3.8, 4) is 17.3 Å². The molecule has 160 valence electrons. The Morgan fingerprint density at radius 2 is 2.09 bits per heavy atom. The number of hydrogen-bond donors (Lipinski definition) is 2. The van der Waals surface area contributed by atoms with Gasteiger partial charge < -0.3 is 15.5 Å². The zero-order valence-corrected chi connectivity index (χ0v) is 17.8. The molecule has 10 heteroatoms. The van der Waals surface area contributed by atoms with Gasteiger partial charge in [0.1, 0.15) is 5.69 Å². The number of nitrogens with two attached hydrogens (primary N) is 1. The average Bonchev–Trinajstić information content (AvgIpc) is 3.42. The summed E-state index contributed by atoms with van der Waals surface area (Å²) < 4.78 is 3.65. The van der Waals surface area contributed by atoms with Crippen molar-refractivity contribution in [3.05, 3.63) is 70.9 Å². The number of rotatable bonds is 5. The first kappa shape index (κ1) is 20.1. The zero-order valence-electron chi connectivity index (χ0n) is 17.0. The first-order chi connectivity index (χ1) is 15.5. The summed E-state index contributed by atoms with van der Waals surface area (Å²) >= 11 is 6.41. The number of anilines is 1. The van der Waals surface area contributed by atoms with Crippen LogP contribution in [-0.4, -0.2) is 43.2 Å². The fourth-order valence-corrected chi connectivity index (χ4v) is 4.21. The van der Waals surface area contributed by atoms with Gasteiger partial charge in [-0.25, -0.2) is 4.98 Å². The van der Waals surface area contributed by atoms with E-state index in [0.29, 0.717) is 47.2 Å². The summed E-state index contributed by atoms with van der Waals surface area (Å²) in [4.78, 5) is 18.7. The Balaban J connectivity index is 1.42. The monoisotopic (exact) mass is 446 g/mol. The number of imidazole rings is 1. The lowest BCUT2D eigenvalue weighted by molar-refractivity contribution is 0.0997. The highest BCUT2D eigenvalue weighted by Gasteiger charge is 2.28. The van der Waals surface area contributed by atoms with E-state index < -0.39 is 5.91 Å². The second-order valence-electron chi connectivity index (χ2n) is 7.60. The molecule has 0 spiro atoms. The van der Waals surface area contributed by atoms with Gasteiger partial charge in [0, 0.05) is 30.5 Å². The summed E-state index contributed by atoms with van der Waals surface area (Å²) in [5.74, 6) is -0.523. The molecule has 1 aromatic carbocycles. The number of benzene rings is 1. The zero-order chi connectivity index (χ0) is 22.2. The Morgan fingerprint density at radius 1 is 1.28 bits per heavy atom. The lowest BCUT2D eigenvalue weighted by Gasteiger charge is -2.28. The van der Waals surface area contributed by atoms with E-state index in [4.69, 9.17) is 27.7 Å². The molecule has 0 aliphatic carbocycles. The number of hydrogen-bond acceptors (Lipinski definition) is 6. The molecule has 32 heavy (non-hydrogen) atoms. The van der Waals surface area contributed by atoms with Crippen LogP contribution in [0.4, 0.5) is 5.69 Å². The maximum atomic E-state index is 12.4. The molecule has 0 saturated carbocycles. The first-order valence-electron chi connectivity index (χ1n) is 10.0. The summed E-state index contributed by atoms with van der Waals surface area (Å²) in [5, 5.41) is 17.5. The largest absolute Gasteiger partial charge is 0.372 e. The molecule has 1 aliphatic rings. The Kier molecular flexibility index (Phi) is 5.01. The SMILES string of the molecule is N#Cc1ccc(NCN2CCn3nc(-c4cc(Cl)c5cncn5c4)c(C(N)=O)c3C2)cc1. The molecule has 3 aromatic heterocycles. The van der Waals surface area contributed by atoms with Gasteiger partial charge in [0.2, 0.25) is 0 Å². The second-order valence-corrected chi connectivity index (χ2v) is 8.00. The minimum Gasteiger partial charge on any atom is -0.372 e. The van der Waals surface area contributed by atoms with E-state index in [1.54, 1.807) is 35.1 Å². The van der Waals surface area contributed by atoms with E-state index in [9.17, 15) is 4.79 Å². The molecule has 0 saturated heterocycles. The lowest BCUT2D eigenvalue weighted by Crippen LogP contribution is -2.38. The molecule has 0 radical (unpaired) electrons. The molecular formula is C22H19ClN8O. The van der Waals surface area contributed by atoms with Gasteiger partial charge in [0.05, 0.1) is 59.2 Å². The van der Waals surface area contributed by atoms with Crippen LogP contribution in [0, 0.1) is 11.3 Å². The number of amides is 1. The van der Waals surface area contributed by atoms with E-state index in [1.807, 2.05) is 23.0 Å². The van der Waals surface area contributed by atoms with Crippen molar-refractivity contribution >= 4 is 28.7 Å². The third-order valence-electron chi connectivity index (χ3n) is 5.57. The Labute approximate surface area is 188 Å². The Morgan fingerprint density at radius 3 is 2.84 bits per heavy atom. The molecule has 0 bridgehead atoms. The predicted molar refractivity (Wildman–Crippen MR) is 120 cm³/mol. The van der Waals surface area contributed by atoms with E-state index in [0.717, 1.165) is 23.4 Å². The minimum atomic E-state index is -0.523. The van der Waals surface area contributed by atoms with Crippen molar-refractivity contribution in [3.63, 3.8) is 0 Å². The molecular weight excluding hydrogens is 428 g/mol.